The Morgan fingerprint density at radius 3 is 2.67 bits per heavy atom. The van der Waals surface area contributed by atoms with Crippen molar-refractivity contribution in [2.24, 2.45) is 0 Å². The minimum atomic E-state index is -3.82. The van der Waals surface area contributed by atoms with Crippen LogP contribution in [-0.4, -0.2) is 32.0 Å². The topological polar surface area (TPSA) is 125 Å². The van der Waals surface area contributed by atoms with Gasteiger partial charge in [-0.15, -0.1) is 11.8 Å². The van der Waals surface area contributed by atoms with Gasteiger partial charge >= 0.3 is 59.1 Å². The molecule has 104 valence electrons. The first kappa shape index (κ1) is 21.9. The summed E-state index contributed by atoms with van der Waals surface area (Å²) in [6, 6.07) is 0. The molecule has 0 aliphatic carbocycles. The summed E-state index contributed by atoms with van der Waals surface area (Å²) in [5, 5.41) is 0. The summed E-state index contributed by atoms with van der Waals surface area (Å²) in [4.78, 5) is 33.7. The number of aromatic nitrogens is 4. The van der Waals surface area contributed by atoms with Crippen molar-refractivity contribution in [1.82, 2.24) is 19.5 Å². The van der Waals surface area contributed by atoms with Gasteiger partial charge in [0.2, 0.25) is 0 Å². The molecular weight excluding hydrogens is 335 g/mol. The summed E-state index contributed by atoms with van der Waals surface area (Å²) in [7, 11) is 0. The molecule has 8 nitrogen and oxygen atoms in total. The molecule has 0 bridgehead atoms. The molecule has 0 unspecified atom stereocenters. The predicted molar refractivity (Wildman–Crippen MR) is 69.4 cm³/mol. The minimum absolute atomic E-state index is 0. The number of rotatable bonds is 5. The smallest absolute Gasteiger partial charge is 0.831 e. The van der Waals surface area contributed by atoms with E-state index in [1.54, 1.807) is 17.8 Å². The van der Waals surface area contributed by atoms with Crippen molar-refractivity contribution in [1.29, 1.82) is 0 Å². The van der Waals surface area contributed by atoms with Crippen LogP contribution in [0.4, 0.5) is 5.82 Å². The van der Waals surface area contributed by atoms with Gasteiger partial charge in [0, 0.05) is 6.35 Å². The number of fused-ring (bicyclic) bond motifs is 1. The second-order valence-electron chi connectivity index (χ2n) is 4.05. The zero-order chi connectivity index (χ0) is 14.0. The van der Waals surface area contributed by atoms with Gasteiger partial charge < -0.3 is 24.8 Å². The number of nitrogen functional groups attached to an aromatic ring is 1. The Labute approximate surface area is 171 Å². The third-order valence-electron chi connectivity index (χ3n) is 2.40. The number of hydrogen-bond acceptors (Lipinski definition) is 8. The van der Waals surface area contributed by atoms with Crippen LogP contribution in [0.3, 0.4) is 0 Å². The summed E-state index contributed by atoms with van der Waals surface area (Å²) in [6.45, 7) is -1.70. The standard InChI is InChI=1S/C9H14N5O3PS.2Na/c1-6(17-5-18(15,16)19)2-14-4-13-7-8(10)11-3-12-9(7)14;;/h3-4,6H,2,5H2,1H3,(H2,10,11,12)(H2,15,16,19);;/q;2*+1/p-2/t6-;;/m1../s1. The molecule has 0 radical (unpaired) electrons. The summed E-state index contributed by atoms with van der Waals surface area (Å²) < 4.78 is 6.88. The van der Waals surface area contributed by atoms with E-state index < -0.39 is 12.8 Å². The van der Waals surface area contributed by atoms with E-state index in [0.29, 0.717) is 23.5 Å². The van der Waals surface area contributed by atoms with Gasteiger partial charge in [0.15, 0.2) is 11.5 Å². The molecule has 2 aromatic heterocycles. The van der Waals surface area contributed by atoms with E-state index in [4.69, 9.17) is 10.5 Å². The number of imidazole rings is 1. The molecule has 0 saturated heterocycles. The Morgan fingerprint density at radius 2 is 2.05 bits per heavy atom. The maximum Gasteiger partial charge on any atom is 1.00 e. The van der Waals surface area contributed by atoms with E-state index in [2.05, 4.69) is 26.8 Å². The minimum Gasteiger partial charge on any atom is -0.831 e. The molecule has 2 rings (SSSR count). The zero-order valence-corrected chi connectivity index (χ0v) is 17.8. The van der Waals surface area contributed by atoms with Crippen molar-refractivity contribution < 1.29 is 73.6 Å². The third kappa shape index (κ3) is 6.48. The van der Waals surface area contributed by atoms with Crippen molar-refractivity contribution in [2.45, 2.75) is 19.6 Å². The molecule has 12 heteroatoms. The largest absolute Gasteiger partial charge is 1.00 e. The summed E-state index contributed by atoms with van der Waals surface area (Å²) in [5.41, 5.74) is 6.75. The van der Waals surface area contributed by atoms with Gasteiger partial charge in [0.25, 0.3) is 0 Å². The monoisotopic (exact) mass is 347 g/mol. The number of nitrogens with zero attached hydrogens (tertiary/aromatic N) is 4. The van der Waals surface area contributed by atoms with Gasteiger partial charge in [-0.3, -0.25) is 0 Å². The fourth-order valence-electron chi connectivity index (χ4n) is 1.58. The third-order valence-corrected chi connectivity index (χ3v) is 3.18. The Morgan fingerprint density at radius 1 is 1.38 bits per heavy atom. The van der Waals surface area contributed by atoms with Crippen LogP contribution in [-0.2, 0) is 23.1 Å². The van der Waals surface area contributed by atoms with Crippen molar-refractivity contribution in [3.63, 3.8) is 0 Å². The normalized spacial score (nSPS) is 12.5. The van der Waals surface area contributed by atoms with E-state index in [9.17, 15) is 9.79 Å². The van der Waals surface area contributed by atoms with Crippen molar-refractivity contribution in [3.8, 4) is 0 Å². The van der Waals surface area contributed by atoms with E-state index in [-0.39, 0.29) is 65.2 Å². The number of anilines is 1. The first-order valence-electron chi connectivity index (χ1n) is 5.41. The van der Waals surface area contributed by atoms with E-state index in [1.165, 1.54) is 6.33 Å². The van der Waals surface area contributed by atoms with Crippen LogP contribution in [0, 0.1) is 0 Å². The zero-order valence-electron chi connectivity index (χ0n) is 12.1. The summed E-state index contributed by atoms with van der Waals surface area (Å²) >= 11 is 4.26. The summed E-state index contributed by atoms with van der Waals surface area (Å²) in [5.74, 6) is 0.298. The quantitative estimate of drug-likeness (QED) is 0.418. The summed E-state index contributed by atoms with van der Waals surface area (Å²) in [6.07, 6.45) is 2.09. The molecule has 0 aliphatic rings. The van der Waals surface area contributed by atoms with Crippen LogP contribution in [0.1, 0.15) is 6.92 Å². The van der Waals surface area contributed by atoms with Gasteiger partial charge in [0.1, 0.15) is 11.8 Å². The van der Waals surface area contributed by atoms with Gasteiger partial charge in [-0.2, -0.15) is 6.49 Å². The SMILES string of the molecule is C[C@H](Cn1cnc2c(N)ncnc21)OCP([O-])([O-])=S.[Na+].[Na+]. The molecule has 2 heterocycles. The van der Waals surface area contributed by atoms with Crippen molar-refractivity contribution >= 4 is 35.3 Å². The van der Waals surface area contributed by atoms with Crippen LogP contribution >= 0.6 is 6.49 Å². The Balaban J connectivity index is 0.00000200. The maximum absolute atomic E-state index is 10.9. The van der Waals surface area contributed by atoms with E-state index >= 15 is 0 Å². The van der Waals surface area contributed by atoms with Crippen LogP contribution in [0.5, 0.6) is 0 Å². The predicted octanol–water partition coefficient (Wildman–Crippen LogP) is -7.19. The van der Waals surface area contributed by atoms with E-state index in [0.717, 1.165) is 0 Å². The average Bonchev–Trinajstić information content (AvgIpc) is 2.71. The average molecular weight is 347 g/mol. The molecule has 0 spiro atoms. The van der Waals surface area contributed by atoms with E-state index in [1.807, 2.05) is 0 Å². The second-order valence-corrected chi connectivity index (χ2v) is 7.19. The van der Waals surface area contributed by atoms with Gasteiger partial charge in [-0.1, -0.05) is 0 Å². The van der Waals surface area contributed by atoms with Crippen LogP contribution in [0.2, 0.25) is 0 Å². The number of nitrogens with two attached hydrogens (primary N) is 1. The molecule has 2 aromatic rings. The molecule has 1 atom stereocenters. The van der Waals surface area contributed by atoms with Crippen molar-refractivity contribution in [2.75, 3.05) is 12.1 Å². The molecule has 0 aromatic carbocycles. The molecule has 0 fully saturated rings. The molecule has 21 heavy (non-hydrogen) atoms. The maximum atomic E-state index is 10.9. The molecule has 0 saturated carbocycles. The first-order valence-corrected chi connectivity index (χ1v) is 8.23. The van der Waals surface area contributed by atoms with Gasteiger partial charge in [-0.05, 0) is 6.92 Å². The van der Waals surface area contributed by atoms with Crippen LogP contribution < -0.4 is 74.6 Å². The second kappa shape index (κ2) is 9.24. The van der Waals surface area contributed by atoms with Crippen molar-refractivity contribution in [3.05, 3.63) is 12.7 Å². The Hall–Kier alpha value is 0.880. The van der Waals surface area contributed by atoms with Gasteiger partial charge in [0.05, 0.1) is 19.0 Å². The Kier molecular flexibility index (Phi) is 9.63. The Bertz CT molecular complexity index is 637. The number of hydrogen-bond donors (Lipinski definition) is 1. The molecular formula is C9H12N5Na2O3PS. The molecule has 0 aliphatic heterocycles. The molecule has 2 N–H and O–H groups in total. The number of ether oxygens (including phenoxy) is 1. The fraction of sp³-hybridized carbons (Fsp3) is 0.444. The van der Waals surface area contributed by atoms with Gasteiger partial charge in [-0.25, -0.2) is 15.0 Å². The first-order chi connectivity index (χ1) is 8.87. The van der Waals surface area contributed by atoms with Crippen LogP contribution in [0.15, 0.2) is 12.7 Å². The fourth-order valence-corrected chi connectivity index (χ4v) is 2.20. The molecule has 0 amide bonds. The van der Waals surface area contributed by atoms with Crippen LogP contribution in [0.25, 0.3) is 11.2 Å².